The van der Waals surface area contributed by atoms with Gasteiger partial charge in [-0.2, -0.15) is 15.0 Å². The third-order valence-electron chi connectivity index (χ3n) is 1.70. The van der Waals surface area contributed by atoms with E-state index in [0.29, 0.717) is 10.7 Å². The smallest absolute Gasteiger partial charge is 0.232 e. The van der Waals surface area contributed by atoms with Crippen LogP contribution < -0.4 is 5.32 Å². The summed E-state index contributed by atoms with van der Waals surface area (Å²) in [5.74, 6) is 0.248. The Balaban J connectivity index is 0.00000144. The Morgan fingerprint density at radius 3 is 2.06 bits per heavy atom. The molecule has 0 unspecified atom stereocenters. The first-order chi connectivity index (χ1) is 7.65. The summed E-state index contributed by atoms with van der Waals surface area (Å²) in [5, 5.41) is 3.49. The molecule has 0 fully saturated rings. The Bertz CT molecular complexity index is 503. The summed E-state index contributed by atoms with van der Waals surface area (Å²) >= 11 is 17.2. The van der Waals surface area contributed by atoms with Crippen LogP contribution in [0.15, 0.2) is 24.3 Å². The van der Waals surface area contributed by atoms with Crippen LogP contribution >= 0.6 is 34.8 Å². The number of hydrogen-bond acceptors (Lipinski definition) is 4. The van der Waals surface area contributed by atoms with Crippen LogP contribution in [0.2, 0.25) is 15.6 Å². The summed E-state index contributed by atoms with van der Waals surface area (Å²) < 4.78 is 0. The van der Waals surface area contributed by atoms with Crippen molar-refractivity contribution >= 4 is 70.3 Å². The Kier molecular flexibility index (Phi) is 5.71. The second-order valence-electron chi connectivity index (χ2n) is 2.80. The molecule has 4 radical (unpaired) electrons. The summed E-state index contributed by atoms with van der Waals surface area (Å²) in [6.45, 7) is 0. The minimum absolute atomic E-state index is 0. The van der Waals surface area contributed by atoms with E-state index in [4.69, 9.17) is 34.8 Å². The predicted molar refractivity (Wildman–Crippen MR) is 70.3 cm³/mol. The molecule has 1 aromatic heterocycles. The van der Waals surface area contributed by atoms with Crippen molar-refractivity contribution in [1.29, 1.82) is 0 Å². The normalized spacial score (nSPS) is 9.59. The summed E-state index contributed by atoms with van der Waals surface area (Å²) in [5.41, 5.74) is 0.669. The first-order valence-corrected chi connectivity index (χ1v) is 5.37. The third-order valence-corrected chi connectivity index (χ3v) is 2.37. The molecule has 2 rings (SSSR count). The number of anilines is 2. The zero-order valence-corrected chi connectivity index (χ0v) is 13.4. The third kappa shape index (κ3) is 4.13. The Hall–Kier alpha value is -0.301. The quantitative estimate of drug-likeness (QED) is 0.795. The maximum absolute atomic E-state index is 5.95. The average Bonchev–Trinajstić information content (AvgIpc) is 2.20. The van der Waals surface area contributed by atoms with Gasteiger partial charge in [-0.05, 0) is 35.3 Å². The molecule has 17 heavy (non-hydrogen) atoms. The van der Waals surface area contributed by atoms with Gasteiger partial charge in [-0.3, -0.25) is 0 Å². The summed E-state index contributed by atoms with van der Waals surface area (Å²) in [6, 6.07) is 7.18. The number of halogens is 3. The molecule has 0 aliphatic rings. The number of nitrogens with one attached hydrogen (secondary N) is 1. The van der Waals surface area contributed by atoms with Crippen LogP contribution in [0.5, 0.6) is 0 Å². The molecule has 0 saturated heterocycles. The maximum Gasteiger partial charge on any atom is 0.232 e. The van der Waals surface area contributed by atoms with Crippen LogP contribution in [0, 0.1) is 0 Å². The fourth-order valence-electron chi connectivity index (χ4n) is 1.06. The fourth-order valence-corrected chi connectivity index (χ4v) is 1.61. The van der Waals surface area contributed by atoms with E-state index in [1.54, 1.807) is 12.1 Å². The number of aromatic nitrogens is 3. The molecule has 1 heterocycles. The maximum atomic E-state index is 5.95. The molecule has 0 bridgehead atoms. The molecule has 4 nitrogen and oxygen atoms in total. The van der Waals surface area contributed by atoms with Gasteiger partial charge < -0.3 is 5.32 Å². The van der Waals surface area contributed by atoms with Gasteiger partial charge in [0.25, 0.3) is 0 Å². The molecule has 0 amide bonds. The molecule has 0 atom stereocenters. The van der Waals surface area contributed by atoms with Crippen LogP contribution in [0.1, 0.15) is 0 Å². The molecule has 0 saturated carbocycles. The van der Waals surface area contributed by atoms with E-state index in [1.807, 2.05) is 12.1 Å². The Morgan fingerprint density at radius 2 is 1.47 bits per heavy atom. The van der Waals surface area contributed by atoms with E-state index >= 15 is 0 Å². The van der Waals surface area contributed by atoms with Crippen LogP contribution in [0.4, 0.5) is 11.6 Å². The van der Waals surface area contributed by atoms with Gasteiger partial charge in [-0.25, -0.2) is 0 Å². The van der Waals surface area contributed by atoms with E-state index in [0.717, 1.165) is 0 Å². The number of nitrogens with zero attached hydrogens (tertiary/aromatic N) is 3. The van der Waals surface area contributed by atoms with Crippen molar-refractivity contribution in [3.05, 3.63) is 39.9 Å². The van der Waals surface area contributed by atoms with Crippen LogP contribution in [-0.4, -0.2) is 38.9 Å². The zero-order valence-electron chi connectivity index (χ0n) is 8.28. The first kappa shape index (κ1) is 14.8. The summed E-state index contributed by atoms with van der Waals surface area (Å²) in [4.78, 5) is 11.4. The second kappa shape index (κ2) is 6.58. The molecular formula is C9H5Cl3N4Sn. The van der Waals surface area contributed by atoms with Gasteiger partial charge in [-0.1, -0.05) is 23.7 Å². The van der Waals surface area contributed by atoms with Crippen molar-refractivity contribution in [2.45, 2.75) is 0 Å². The van der Waals surface area contributed by atoms with E-state index in [9.17, 15) is 0 Å². The van der Waals surface area contributed by atoms with Gasteiger partial charge in [-0.15, -0.1) is 0 Å². The number of rotatable bonds is 2. The Labute approximate surface area is 130 Å². The first-order valence-electron chi connectivity index (χ1n) is 4.24. The van der Waals surface area contributed by atoms with Crippen molar-refractivity contribution < 1.29 is 0 Å². The van der Waals surface area contributed by atoms with Gasteiger partial charge in [0, 0.05) is 23.9 Å². The molecule has 1 N–H and O–H groups in total. The second-order valence-corrected chi connectivity index (χ2v) is 3.89. The molecule has 2 aromatic rings. The van der Waals surface area contributed by atoms with E-state index in [-0.39, 0.29) is 40.4 Å². The van der Waals surface area contributed by atoms with Gasteiger partial charge in [0.2, 0.25) is 16.5 Å². The standard InChI is InChI=1S/C9H5Cl3N4.Sn/c10-5-3-1-2-4-6(5)13-9-15-7(11)14-8(12)16-9;/h1-4H,(H,13,14,15,16);. The Morgan fingerprint density at radius 1 is 0.882 bits per heavy atom. The zero-order chi connectivity index (χ0) is 11.5. The van der Waals surface area contributed by atoms with E-state index in [1.165, 1.54) is 0 Å². The molecule has 0 aliphatic heterocycles. The van der Waals surface area contributed by atoms with Crippen LogP contribution in [0.3, 0.4) is 0 Å². The summed E-state index contributed by atoms with van der Waals surface area (Å²) in [6.07, 6.45) is 0. The number of benzene rings is 1. The van der Waals surface area contributed by atoms with Gasteiger partial charge in [0.05, 0.1) is 10.7 Å². The van der Waals surface area contributed by atoms with E-state index in [2.05, 4.69) is 20.3 Å². The van der Waals surface area contributed by atoms with Crippen molar-refractivity contribution in [3.63, 3.8) is 0 Å². The molecule has 0 aliphatic carbocycles. The van der Waals surface area contributed by atoms with Crippen molar-refractivity contribution in [1.82, 2.24) is 15.0 Å². The number of para-hydroxylation sites is 1. The minimum Gasteiger partial charge on any atom is -0.323 e. The van der Waals surface area contributed by atoms with Gasteiger partial charge >= 0.3 is 0 Å². The van der Waals surface area contributed by atoms with Crippen LogP contribution in [-0.2, 0) is 0 Å². The number of hydrogen-bond donors (Lipinski definition) is 1. The average molecular weight is 394 g/mol. The monoisotopic (exact) mass is 394 g/mol. The molecule has 0 spiro atoms. The largest absolute Gasteiger partial charge is 0.323 e. The predicted octanol–water partition coefficient (Wildman–Crippen LogP) is 3.19. The van der Waals surface area contributed by atoms with Crippen LogP contribution in [0.25, 0.3) is 0 Å². The fraction of sp³-hybridized carbons (Fsp3) is 0. The summed E-state index contributed by atoms with van der Waals surface area (Å²) in [7, 11) is 0. The minimum atomic E-state index is 0. The van der Waals surface area contributed by atoms with Gasteiger partial charge in [0.1, 0.15) is 0 Å². The van der Waals surface area contributed by atoms with E-state index < -0.39 is 0 Å². The van der Waals surface area contributed by atoms with Crippen molar-refractivity contribution in [2.24, 2.45) is 0 Å². The SMILES string of the molecule is Clc1nc(Cl)nc(Nc2ccccc2Cl)n1.[Sn]. The van der Waals surface area contributed by atoms with Crippen molar-refractivity contribution in [2.75, 3.05) is 5.32 Å². The topological polar surface area (TPSA) is 50.7 Å². The molecule has 8 heteroatoms. The molecule has 86 valence electrons. The molecular weight excluding hydrogens is 389 g/mol. The van der Waals surface area contributed by atoms with Gasteiger partial charge in [0.15, 0.2) is 0 Å². The molecule has 1 aromatic carbocycles. The van der Waals surface area contributed by atoms with Crippen molar-refractivity contribution in [3.8, 4) is 0 Å².